The standard InChI is InChI=1S/C19H27N3O3S.Mg/c1-13(2)22-18(25)15(16(23)14-7-12-26-19(14)22)17(24)20-8-6-11-21-9-4-3-5-10-21;/h7,12-13,23H,3-6,8-11H2,1-2H3,(H,20,24);/q;+2/p-2/i1D3,2D3,3D2,4D2,5D2,9D2,10D2;. The van der Waals surface area contributed by atoms with E-state index in [0.29, 0.717) is 15.9 Å². The minimum atomic E-state index is -3.60. The van der Waals surface area contributed by atoms with Crippen LogP contribution >= 0.6 is 11.3 Å². The van der Waals surface area contributed by atoms with Crippen LogP contribution < -0.4 is 15.8 Å². The molecule has 1 aliphatic heterocycles. The Morgan fingerprint density at radius 2 is 2.15 bits per heavy atom. The van der Waals surface area contributed by atoms with Crippen molar-refractivity contribution in [3.05, 3.63) is 27.4 Å². The molecule has 1 aliphatic rings. The molecule has 8 heteroatoms. The third-order valence-electron chi connectivity index (χ3n) is 3.54. The van der Waals surface area contributed by atoms with E-state index in [0.717, 1.165) is 0 Å². The first-order chi connectivity index (χ1) is 18.7. The van der Waals surface area contributed by atoms with E-state index in [2.05, 4.69) is 4.99 Å². The molecule has 0 saturated carbocycles. The smallest absolute Gasteiger partial charge is 0.871 e. The van der Waals surface area contributed by atoms with Gasteiger partial charge in [0.15, 0.2) is 0 Å². The first-order valence-electron chi connectivity index (χ1n) is 15.5. The van der Waals surface area contributed by atoms with Gasteiger partial charge in [-0.2, -0.15) is 0 Å². The SMILES string of the molecule is [2H]C([2H])([2H])C(n1c(=O)c(C([O-])=NCCCN2C([2H])([2H])C([2H])([2H])C([2H])([2H])C([2H])([2H])C2([2H])[2H])c([O-])c2ccsc21)C([2H])([2H])[2H].[Mg+2]. The monoisotopic (exact) mass is 415 g/mol. The first-order valence-corrected chi connectivity index (χ1v) is 8.39. The number of aliphatic imine (C=N–C) groups is 1. The van der Waals surface area contributed by atoms with Crippen LogP contribution in [0.15, 0.2) is 21.2 Å². The molecule has 0 aliphatic carbocycles. The number of hydrogen-bond donors (Lipinski definition) is 0. The molecular weight excluding hydrogens is 375 g/mol. The van der Waals surface area contributed by atoms with E-state index < -0.39 is 94.1 Å². The molecule has 3 heterocycles. The van der Waals surface area contributed by atoms with Gasteiger partial charge in [-0.1, -0.05) is 12.1 Å². The number of likely N-dealkylation sites (tertiary alicyclic amines) is 1. The molecule has 0 unspecified atom stereocenters. The summed E-state index contributed by atoms with van der Waals surface area (Å²) in [5.41, 5.74) is -2.66. The average Bonchev–Trinajstić information content (AvgIpc) is 3.28. The van der Waals surface area contributed by atoms with Crippen molar-refractivity contribution in [1.29, 1.82) is 0 Å². The van der Waals surface area contributed by atoms with Gasteiger partial charge in [-0.25, -0.2) is 0 Å². The minimum absolute atomic E-state index is 0. The fourth-order valence-electron chi connectivity index (χ4n) is 2.38. The van der Waals surface area contributed by atoms with Gasteiger partial charge >= 0.3 is 23.1 Å². The third-order valence-corrected chi connectivity index (χ3v) is 4.45. The predicted molar refractivity (Wildman–Crippen MR) is 108 cm³/mol. The Morgan fingerprint density at radius 3 is 2.85 bits per heavy atom. The van der Waals surface area contributed by atoms with Crippen molar-refractivity contribution in [2.45, 2.75) is 45.3 Å². The number of thiophene rings is 1. The Balaban J connectivity index is 0.00000645. The summed E-state index contributed by atoms with van der Waals surface area (Å²) >= 11 is 0.716. The van der Waals surface area contributed by atoms with Crippen LogP contribution in [0.2, 0.25) is 0 Å². The number of hydrogen-bond acceptors (Lipinski definition) is 6. The summed E-state index contributed by atoms with van der Waals surface area (Å²) < 4.78 is 126. The maximum Gasteiger partial charge on any atom is 2.00 e. The van der Waals surface area contributed by atoms with Crippen molar-refractivity contribution in [3.63, 3.8) is 0 Å². The maximum absolute atomic E-state index is 13.3. The summed E-state index contributed by atoms with van der Waals surface area (Å²) in [6.07, 6.45) is -11.1. The number of rotatable bonds is 6. The molecular formula is C19H25MgN3O3S. The molecule has 0 aromatic carbocycles. The zero-order valence-electron chi connectivity index (χ0n) is 30.0. The summed E-state index contributed by atoms with van der Waals surface area (Å²) in [6.45, 7) is -14.7. The van der Waals surface area contributed by atoms with E-state index in [1.807, 2.05) is 0 Å². The minimum Gasteiger partial charge on any atom is -0.871 e. The van der Waals surface area contributed by atoms with Crippen LogP contribution in [0.5, 0.6) is 5.75 Å². The molecule has 3 rings (SSSR count). The van der Waals surface area contributed by atoms with E-state index in [1.54, 1.807) is 0 Å². The van der Waals surface area contributed by atoms with Gasteiger partial charge in [0.25, 0.3) is 5.56 Å². The summed E-state index contributed by atoms with van der Waals surface area (Å²) in [6, 6.07) is -1.24. The maximum atomic E-state index is 13.3. The zero-order chi connectivity index (χ0) is 32.6. The molecule has 0 N–H and O–H groups in total. The van der Waals surface area contributed by atoms with Crippen molar-refractivity contribution in [1.82, 2.24) is 9.47 Å². The van der Waals surface area contributed by atoms with Gasteiger partial charge in [0.05, 0.1) is 0 Å². The molecule has 6 nitrogen and oxygen atoms in total. The fraction of sp³-hybridized carbons (Fsp3) is 0.579. The quantitative estimate of drug-likeness (QED) is 0.308. The van der Waals surface area contributed by atoms with Crippen molar-refractivity contribution in [2.24, 2.45) is 4.99 Å². The average molecular weight is 416 g/mol. The van der Waals surface area contributed by atoms with E-state index in [9.17, 15) is 15.0 Å². The van der Waals surface area contributed by atoms with Gasteiger partial charge in [0, 0.05) is 45.5 Å². The van der Waals surface area contributed by atoms with Crippen LogP contribution in [0.25, 0.3) is 10.2 Å². The molecule has 1 saturated heterocycles. The normalized spacial score (nSPS) is 35.1. The fourth-order valence-corrected chi connectivity index (χ4v) is 3.30. The van der Waals surface area contributed by atoms with E-state index >= 15 is 0 Å². The molecule has 0 spiro atoms. The number of pyridine rings is 1. The van der Waals surface area contributed by atoms with Crippen LogP contribution in [-0.4, -0.2) is 64.5 Å². The summed E-state index contributed by atoms with van der Waals surface area (Å²) in [5.74, 6) is -2.60. The number of aromatic nitrogens is 1. The van der Waals surface area contributed by atoms with Crippen LogP contribution in [0.4, 0.5) is 0 Å². The van der Waals surface area contributed by atoms with E-state index in [1.165, 1.54) is 11.4 Å². The Morgan fingerprint density at radius 1 is 1.41 bits per heavy atom. The molecule has 2 aromatic heterocycles. The first kappa shape index (κ1) is 8.73. The van der Waals surface area contributed by atoms with Crippen LogP contribution in [0.1, 0.15) is 72.8 Å². The van der Waals surface area contributed by atoms with Crippen LogP contribution in [-0.2, 0) is 0 Å². The van der Waals surface area contributed by atoms with E-state index in [-0.39, 0.29) is 38.2 Å². The zero-order valence-corrected chi connectivity index (χ0v) is 16.3. The second-order valence-electron chi connectivity index (χ2n) is 5.21. The van der Waals surface area contributed by atoms with Crippen LogP contribution in [0.3, 0.4) is 0 Å². The Bertz CT molecular complexity index is 1410. The number of nitrogens with zero attached hydrogens (tertiary/aromatic N) is 3. The Kier molecular flexibility index (Phi) is 3.20. The number of fused-ring (bicyclic) bond motifs is 1. The van der Waals surface area contributed by atoms with Crippen molar-refractivity contribution in [2.75, 3.05) is 26.1 Å². The molecule has 142 valence electrons. The molecule has 1 fully saturated rings. The van der Waals surface area contributed by atoms with Gasteiger partial charge in [-0.05, 0) is 69.8 Å². The van der Waals surface area contributed by atoms with Crippen molar-refractivity contribution < 1.29 is 32.1 Å². The van der Waals surface area contributed by atoms with Gasteiger partial charge in [-0.15, -0.1) is 11.3 Å². The van der Waals surface area contributed by atoms with Gasteiger partial charge in [-0.3, -0.25) is 9.36 Å². The third kappa shape index (κ3) is 4.85. The van der Waals surface area contributed by atoms with Gasteiger partial charge in [0.2, 0.25) is 0 Å². The van der Waals surface area contributed by atoms with Crippen molar-refractivity contribution >= 4 is 50.5 Å². The van der Waals surface area contributed by atoms with Gasteiger partial charge in [0.1, 0.15) is 4.83 Å². The molecule has 0 atom stereocenters. The molecule has 0 amide bonds. The second-order valence-corrected chi connectivity index (χ2v) is 6.11. The topological polar surface area (TPSA) is 83.7 Å². The van der Waals surface area contributed by atoms with E-state index in [4.69, 9.17) is 21.9 Å². The molecule has 0 bridgehead atoms. The van der Waals surface area contributed by atoms with Gasteiger partial charge < -0.3 is 20.1 Å². The van der Waals surface area contributed by atoms with Crippen molar-refractivity contribution in [3.8, 4) is 5.75 Å². The summed E-state index contributed by atoms with van der Waals surface area (Å²) in [7, 11) is 0. The summed E-state index contributed by atoms with van der Waals surface area (Å²) in [4.78, 5) is 16.7. The summed E-state index contributed by atoms with van der Waals surface area (Å²) in [5, 5.41) is 26.9. The largest absolute Gasteiger partial charge is 2.00 e. The predicted octanol–water partition coefficient (Wildman–Crippen LogP) is 1.32. The van der Waals surface area contributed by atoms with Crippen LogP contribution in [0, 0.1) is 0 Å². The second kappa shape index (κ2) is 9.91. The Labute approximate surface area is 202 Å². The molecule has 0 radical (unpaired) electrons. The molecule has 2 aromatic rings. The number of piperidine rings is 1. The molecule has 27 heavy (non-hydrogen) atoms. The Hall–Kier alpha value is -1.09.